The number of rotatable bonds is 3. The van der Waals surface area contributed by atoms with E-state index in [1.54, 1.807) is 4.90 Å². The summed E-state index contributed by atoms with van der Waals surface area (Å²) in [6.45, 7) is 2.87. The molecule has 1 aliphatic heterocycles. The Labute approximate surface area is 115 Å². The molecule has 1 N–H and O–H groups in total. The molecule has 0 aromatic heterocycles. The van der Waals surface area contributed by atoms with Crippen LogP contribution in [0.3, 0.4) is 0 Å². The van der Waals surface area contributed by atoms with Gasteiger partial charge in [0.15, 0.2) is 0 Å². The second-order valence-corrected chi connectivity index (χ2v) is 6.28. The molecule has 2 aliphatic rings. The SMILES string of the molecule is CC1CCCC(CC(=O)N2CCCCC2C(=O)O)C1. The van der Waals surface area contributed by atoms with Gasteiger partial charge in [-0.2, -0.15) is 0 Å². The molecule has 3 unspecified atom stereocenters. The number of carboxylic acid groups (broad SMARTS) is 1. The molecule has 0 spiro atoms. The molecule has 1 amide bonds. The van der Waals surface area contributed by atoms with Crippen LogP contribution < -0.4 is 0 Å². The van der Waals surface area contributed by atoms with E-state index in [0.717, 1.165) is 25.7 Å². The highest BCUT2D eigenvalue weighted by Crippen LogP contribution is 2.31. The number of carbonyl (C=O) groups excluding carboxylic acids is 1. The van der Waals surface area contributed by atoms with Gasteiger partial charge in [-0.1, -0.05) is 19.8 Å². The van der Waals surface area contributed by atoms with Crippen molar-refractivity contribution in [1.82, 2.24) is 4.90 Å². The maximum Gasteiger partial charge on any atom is 0.326 e. The zero-order chi connectivity index (χ0) is 13.8. The van der Waals surface area contributed by atoms with Crippen molar-refractivity contribution in [2.24, 2.45) is 11.8 Å². The van der Waals surface area contributed by atoms with E-state index < -0.39 is 12.0 Å². The second kappa shape index (κ2) is 6.40. The van der Waals surface area contributed by atoms with Gasteiger partial charge in [0.1, 0.15) is 6.04 Å². The monoisotopic (exact) mass is 267 g/mol. The third kappa shape index (κ3) is 3.71. The van der Waals surface area contributed by atoms with E-state index >= 15 is 0 Å². The molecule has 1 heterocycles. The van der Waals surface area contributed by atoms with Crippen LogP contribution >= 0.6 is 0 Å². The summed E-state index contributed by atoms with van der Waals surface area (Å²) >= 11 is 0. The predicted octanol–water partition coefficient (Wildman–Crippen LogP) is 2.67. The average Bonchev–Trinajstić information content (AvgIpc) is 2.38. The van der Waals surface area contributed by atoms with Gasteiger partial charge in [-0.3, -0.25) is 4.79 Å². The van der Waals surface area contributed by atoms with Gasteiger partial charge in [-0.05, 0) is 43.9 Å². The number of likely N-dealkylation sites (tertiary alicyclic amines) is 1. The molecule has 4 nitrogen and oxygen atoms in total. The molecule has 3 atom stereocenters. The van der Waals surface area contributed by atoms with Crippen molar-refractivity contribution >= 4 is 11.9 Å². The molecular formula is C15H25NO3. The number of amides is 1. The van der Waals surface area contributed by atoms with E-state index in [-0.39, 0.29) is 5.91 Å². The van der Waals surface area contributed by atoms with Gasteiger partial charge in [0, 0.05) is 13.0 Å². The molecule has 1 saturated carbocycles. The first-order valence-electron chi connectivity index (χ1n) is 7.60. The number of hydrogen-bond acceptors (Lipinski definition) is 2. The van der Waals surface area contributed by atoms with Gasteiger partial charge < -0.3 is 10.0 Å². The zero-order valence-electron chi connectivity index (χ0n) is 11.8. The van der Waals surface area contributed by atoms with Crippen LogP contribution in [0.4, 0.5) is 0 Å². The molecule has 0 aromatic carbocycles. The molecule has 19 heavy (non-hydrogen) atoms. The first-order valence-corrected chi connectivity index (χ1v) is 7.60. The summed E-state index contributed by atoms with van der Waals surface area (Å²) in [5, 5.41) is 9.21. The summed E-state index contributed by atoms with van der Waals surface area (Å²) in [6, 6.07) is -0.581. The highest BCUT2D eigenvalue weighted by Gasteiger charge is 2.33. The Bertz CT molecular complexity index is 342. The molecular weight excluding hydrogens is 242 g/mol. The number of nitrogens with zero attached hydrogens (tertiary/aromatic N) is 1. The van der Waals surface area contributed by atoms with E-state index in [1.165, 1.54) is 12.8 Å². The number of hydrogen-bond donors (Lipinski definition) is 1. The summed E-state index contributed by atoms with van der Waals surface area (Å²) in [6.07, 6.45) is 7.75. The van der Waals surface area contributed by atoms with Crippen LogP contribution in [0.2, 0.25) is 0 Å². The van der Waals surface area contributed by atoms with Crippen molar-refractivity contribution in [3.05, 3.63) is 0 Å². The molecule has 0 aromatic rings. The van der Waals surface area contributed by atoms with Crippen molar-refractivity contribution in [2.75, 3.05) is 6.54 Å². The number of carboxylic acids is 1. The van der Waals surface area contributed by atoms with Gasteiger partial charge >= 0.3 is 5.97 Å². The molecule has 0 bridgehead atoms. The fraction of sp³-hybridized carbons (Fsp3) is 0.867. The largest absolute Gasteiger partial charge is 0.480 e. The highest BCUT2D eigenvalue weighted by molar-refractivity contribution is 5.84. The molecule has 2 fully saturated rings. The van der Waals surface area contributed by atoms with E-state index in [4.69, 9.17) is 0 Å². The maximum atomic E-state index is 12.4. The predicted molar refractivity (Wildman–Crippen MR) is 72.7 cm³/mol. The average molecular weight is 267 g/mol. The summed E-state index contributed by atoms with van der Waals surface area (Å²) in [4.78, 5) is 25.2. The van der Waals surface area contributed by atoms with Gasteiger partial charge in [-0.15, -0.1) is 0 Å². The summed E-state index contributed by atoms with van der Waals surface area (Å²) in [5.41, 5.74) is 0. The molecule has 4 heteroatoms. The van der Waals surface area contributed by atoms with E-state index in [2.05, 4.69) is 6.92 Å². The van der Waals surface area contributed by atoms with Crippen LogP contribution in [0.25, 0.3) is 0 Å². The first kappa shape index (κ1) is 14.4. The number of carbonyl (C=O) groups is 2. The van der Waals surface area contributed by atoms with Gasteiger partial charge in [0.2, 0.25) is 5.91 Å². The minimum atomic E-state index is -0.843. The Kier molecular flexibility index (Phi) is 4.83. The number of piperidine rings is 1. The quantitative estimate of drug-likeness (QED) is 0.855. The summed E-state index contributed by atoms with van der Waals surface area (Å²) < 4.78 is 0. The normalized spacial score (nSPS) is 32.1. The Morgan fingerprint density at radius 3 is 2.63 bits per heavy atom. The van der Waals surface area contributed by atoms with Crippen LogP contribution in [-0.4, -0.2) is 34.5 Å². The Hall–Kier alpha value is -1.06. The van der Waals surface area contributed by atoms with E-state index in [9.17, 15) is 14.7 Å². The Morgan fingerprint density at radius 1 is 1.16 bits per heavy atom. The van der Waals surface area contributed by atoms with Crippen molar-refractivity contribution in [1.29, 1.82) is 0 Å². The molecule has 108 valence electrons. The molecule has 2 rings (SSSR count). The number of aliphatic carboxylic acids is 1. The van der Waals surface area contributed by atoms with Crippen molar-refractivity contribution in [3.63, 3.8) is 0 Å². The van der Waals surface area contributed by atoms with Crippen LogP contribution in [0, 0.1) is 11.8 Å². The lowest BCUT2D eigenvalue weighted by Gasteiger charge is -2.35. The van der Waals surface area contributed by atoms with Crippen molar-refractivity contribution in [2.45, 2.75) is 64.3 Å². The molecule has 1 saturated heterocycles. The van der Waals surface area contributed by atoms with E-state index in [1.807, 2.05) is 0 Å². The second-order valence-electron chi connectivity index (χ2n) is 6.28. The van der Waals surface area contributed by atoms with Crippen LogP contribution in [0.15, 0.2) is 0 Å². The van der Waals surface area contributed by atoms with Crippen molar-refractivity contribution in [3.8, 4) is 0 Å². The minimum Gasteiger partial charge on any atom is -0.480 e. The summed E-state index contributed by atoms with van der Waals surface area (Å²) in [5.74, 6) is 0.395. The lowest BCUT2D eigenvalue weighted by Crippen LogP contribution is -2.48. The minimum absolute atomic E-state index is 0.0613. The smallest absolute Gasteiger partial charge is 0.326 e. The first-order chi connectivity index (χ1) is 9.08. The van der Waals surface area contributed by atoms with Gasteiger partial charge in [0.05, 0.1) is 0 Å². The lowest BCUT2D eigenvalue weighted by molar-refractivity contribution is -0.152. The highest BCUT2D eigenvalue weighted by atomic mass is 16.4. The van der Waals surface area contributed by atoms with Crippen LogP contribution in [0.5, 0.6) is 0 Å². The lowest BCUT2D eigenvalue weighted by atomic mass is 9.80. The fourth-order valence-electron chi connectivity index (χ4n) is 3.60. The standard InChI is InChI=1S/C15H25NO3/c1-11-5-4-6-12(9-11)10-14(17)16-8-3-2-7-13(16)15(18)19/h11-13H,2-10H2,1H3,(H,18,19). The Balaban J connectivity index is 1.92. The van der Waals surface area contributed by atoms with Crippen LogP contribution in [0.1, 0.15) is 58.3 Å². The van der Waals surface area contributed by atoms with Crippen molar-refractivity contribution < 1.29 is 14.7 Å². The zero-order valence-corrected chi connectivity index (χ0v) is 11.8. The third-order valence-corrected chi connectivity index (χ3v) is 4.62. The summed E-state index contributed by atoms with van der Waals surface area (Å²) in [7, 11) is 0. The van der Waals surface area contributed by atoms with Gasteiger partial charge in [-0.25, -0.2) is 4.79 Å². The molecule has 0 radical (unpaired) electrons. The van der Waals surface area contributed by atoms with Crippen LogP contribution in [-0.2, 0) is 9.59 Å². The van der Waals surface area contributed by atoms with Gasteiger partial charge in [0.25, 0.3) is 0 Å². The van der Waals surface area contributed by atoms with E-state index in [0.29, 0.717) is 31.2 Å². The molecule has 1 aliphatic carbocycles. The Morgan fingerprint density at radius 2 is 1.95 bits per heavy atom. The third-order valence-electron chi connectivity index (χ3n) is 4.62. The maximum absolute atomic E-state index is 12.4. The topological polar surface area (TPSA) is 57.6 Å². The fourth-order valence-corrected chi connectivity index (χ4v) is 3.60.